The van der Waals surface area contributed by atoms with Crippen LogP contribution in [-0.2, 0) is 0 Å². The Labute approximate surface area is 88.9 Å². The number of rotatable bonds is 2. The van der Waals surface area contributed by atoms with Gasteiger partial charge in [-0.1, -0.05) is 40.5 Å². The smallest absolute Gasteiger partial charge is 0.0573 e. The van der Waals surface area contributed by atoms with Gasteiger partial charge < -0.3 is 5.11 Å². The lowest BCUT2D eigenvalue weighted by Gasteiger charge is -2.34. The van der Waals surface area contributed by atoms with Crippen LogP contribution in [0.5, 0.6) is 0 Å². The molecular weight excluding hydrogens is 172 g/mol. The van der Waals surface area contributed by atoms with Gasteiger partial charge in [0, 0.05) is 0 Å². The molecule has 1 aliphatic carbocycles. The summed E-state index contributed by atoms with van der Waals surface area (Å²) < 4.78 is 0. The fourth-order valence-electron chi connectivity index (χ4n) is 3.12. The zero-order chi connectivity index (χ0) is 10.7. The normalized spacial score (nSPS) is 34.9. The first-order chi connectivity index (χ1) is 6.54. The van der Waals surface area contributed by atoms with Gasteiger partial charge >= 0.3 is 0 Å². The van der Waals surface area contributed by atoms with E-state index in [0.29, 0.717) is 11.8 Å². The third kappa shape index (κ3) is 2.73. The molecule has 3 atom stereocenters. The highest BCUT2D eigenvalue weighted by Crippen LogP contribution is 2.38. The van der Waals surface area contributed by atoms with E-state index in [1.54, 1.807) is 0 Å². The minimum atomic E-state index is -0.0510. The van der Waals surface area contributed by atoms with Crippen molar-refractivity contribution in [3.8, 4) is 0 Å². The van der Waals surface area contributed by atoms with E-state index in [9.17, 15) is 5.11 Å². The van der Waals surface area contributed by atoms with E-state index in [2.05, 4.69) is 27.7 Å². The van der Waals surface area contributed by atoms with E-state index in [0.717, 1.165) is 18.3 Å². The zero-order valence-electron chi connectivity index (χ0n) is 10.2. The molecule has 0 aliphatic heterocycles. The van der Waals surface area contributed by atoms with Gasteiger partial charge in [-0.25, -0.2) is 0 Å². The molecule has 1 N–H and O–H groups in total. The van der Waals surface area contributed by atoms with Crippen molar-refractivity contribution in [1.29, 1.82) is 0 Å². The lowest BCUT2D eigenvalue weighted by atomic mass is 9.73. The van der Waals surface area contributed by atoms with E-state index in [4.69, 9.17) is 0 Å². The number of aliphatic hydroxyl groups is 1. The molecule has 0 radical (unpaired) electrons. The van der Waals surface area contributed by atoms with Crippen LogP contribution in [0, 0.1) is 23.7 Å². The Morgan fingerprint density at radius 3 is 2.00 bits per heavy atom. The second-order valence-corrected chi connectivity index (χ2v) is 5.58. The third-order valence-electron chi connectivity index (χ3n) is 3.85. The average Bonchev–Trinajstić information content (AvgIpc) is 2.26. The van der Waals surface area contributed by atoms with Crippen molar-refractivity contribution in [2.24, 2.45) is 23.7 Å². The Morgan fingerprint density at radius 2 is 1.50 bits per heavy atom. The largest absolute Gasteiger partial charge is 0.393 e. The first-order valence-corrected chi connectivity index (χ1v) is 6.22. The molecule has 3 unspecified atom stereocenters. The van der Waals surface area contributed by atoms with Crippen molar-refractivity contribution in [3.05, 3.63) is 0 Å². The summed E-state index contributed by atoms with van der Waals surface area (Å²) >= 11 is 0. The summed E-state index contributed by atoms with van der Waals surface area (Å²) in [5.41, 5.74) is 0. The van der Waals surface area contributed by atoms with Crippen LogP contribution in [0.2, 0.25) is 0 Å². The monoisotopic (exact) mass is 198 g/mol. The minimum absolute atomic E-state index is 0.0510. The third-order valence-corrected chi connectivity index (χ3v) is 3.85. The Morgan fingerprint density at radius 1 is 0.929 bits per heavy atom. The predicted molar refractivity (Wildman–Crippen MR) is 61.1 cm³/mol. The van der Waals surface area contributed by atoms with E-state index in [1.807, 2.05) is 0 Å². The highest BCUT2D eigenvalue weighted by atomic mass is 16.3. The van der Waals surface area contributed by atoms with Gasteiger partial charge in [0.1, 0.15) is 0 Å². The fourth-order valence-corrected chi connectivity index (χ4v) is 3.12. The Balaban J connectivity index is 2.75. The molecule has 84 valence electrons. The van der Waals surface area contributed by atoms with Crippen LogP contribution in [0.3, 0.4) is 0 Å². The summed E-state index contributed by atoms with van der Waals surface area (Å²) in [6, 6.07) is 0. The summed E-state index contributed by atoms with van der Waals surface area (Å²) in [5.74, 6) is 2.59. The van der Waals surface area contributed by atoms with Crippen LogP contribution >= 0.6 is 0 Å². The maximum Gasteiger partial charge on any atom is 0.0573 e. The van der Waals surface area contributed by atoms with Crippen LogP contribution in [0.1, 0.15) is 53.4 Å². The highest BCUT2D eigenvalue weighted by Gasteiger charge is 2.33. The van der Waals surface area contributed by atoms with E-state index >= 15 is 0 Å². The van der Waals surface area contributed by atoms with Crippen LogP contribution < -0.4 is 0 Å². The average molecular weight is 198 g/mol. The van der Waals surface area contributed by atoms with Crippen LogP contribution in [0.15, 0.2) is 0 Å². The zero-order valence-corrected chi connectivity index (χ0v) is 10.2. The lowest BCUT2D eigenvalue weighted by molar-refractivity contribution is 0.0306. The Bertz CT molecular complexity index is 163. The molecule has 0 spiro atoms. The molecule has 0 aromatic rings. The summed E-state index contributed by atoms with van der Waals surface area (Å²) in [7, 11) is 0. The molecule has 1 heteroatoms. The predicted octanol–water partition coefficient (Wildman–Crippen LogP) is 3.47. The Hall–Kier alpha value is -0.0400. The van der Waals surface area contributed by atoms with Crippen molar-refractivity contribution in [1.82, 2.24) is 0 Å². The maximum atomic E-state index is 10.1. The van der Waals surface area contributed by atoms with Crippen molar-refractivity contribution in [2.45, 2.75) is 59.5 Å². The first-order valence-electron chi connectivity index (χ1n) is 6.22. The van der Waals surface area contributed by atoms with Crippen molar-refractivity contribution in [3.63, 3.8) is 0 Å². The molecule has 0 aromatic carbocycles. The molecule has 1 aliphatic rings. The summed E-state index contributed by atoms with van der Waals surface area (Å²) in [6.45, 7) is 9.12. The van der Waals surface area contributed by atoms with Crippen molar-refractivity contribution < 1.29 is 5.11 Å². The SMILES string of the molecule is CC(C)C1CCCCC(O)C1C(C)C. The van der Waals surface area contributed by atoms with Gasteiger partial charge in [0.2, 0.25) is 0 Å². The molecule has 0 aromatic heterocycles. The van der Waals surface area contributed by atoms with Gasteiger partial charge in [-0.15, -0.1) is 0 Å². The summed E-state index contributed by atoms with van der Waals surface area (Å²) in [5, 5.41) is 10.1. The van der Waals surface area contributed by atoms with Crippen LogP contribution in [0.25, 0.3) is 0 Å². The molecular formula is C13H26O. The van der Waals surface area contributed by atoms with E-state index in [1.165, 1.54) is 19.3 Å². The highest BCUT2D eigenvalue weighted by molar-refractivity contribution is 4.83. The molecule has 0 amide bonds. The summed E-state index contributed by atoms with van der Waals surface area (Å²) in [4.78, 5) is 0. The van der Waals surface area contributed by atoms with Gasteiger partial charge in [0.25, 0.3) is 0 Å². The molecule has 1 rings (SSSR count). The number of hydrogen-bond donors (Lipinski definition) is 1. The molecule has 14 heavy (non-hydrogen) atoms. The van der Waals surface area contributed by atoms with Gasteiger partial charge in [0.15, 0.2) is 0 Å². The minimum Gasteiger partial charge on any atom is -0.393 e. The second-order valence-electron chi connectivity index (χ2n) is 5.58. The number of aliphatic hydroxyl groups excluding tert-OH is 1. The maximum absolute atomic E-state index is 10.1. The molecule has 1 nitrogen and oxygen atoms in total. The lowest BCUT2D eigenvalue weighted by Crippen LogP contribution is -2.33. The molecule has 1 saturated carbocycles. The molecule has 1 fully saturated rings. The topological polar surface area (TPSA) is 20.2 Å². The van der Waals surface area contributed by atoms with Gasteiger partial charge in [-0.2, -0.15) is 0 Å². The standard InChI is InChI=1S/C13H26O/c1-9(2)11-7-5-6-8-12(14)13(11)10(3)4/h9-14H,5-8H2,1-4H3. The van der Waals surface area contributed by atoms with E-state index < -0.39 is 0 Å². The van der Waals surface area contributed by atoms with Crippen LogP contribution in [-0.4, -0.2) is 11.2 Å². The second kappa shape index (κ2) is 5.16. The number of hydrogen-bond acceptors (Lipinski definition) is 1. The Kier molecular flexibility index (Phi) is 4.43. The van der Waals surface area contributed by atoms with E-state index in [-0.39, 0.29) is 6.10 Å². The molecule has 0 heterocycles. The van der Waals surface area contributed by atoms with Crippen molar-refractivity contribution >= 4 is 0 Å². The van der Waals surface area contributed by atoms with Gasteiger partial charge in [-0.05, 0) is 36.5 Å². The van der Waals surface area contributed by atoms with Crippen LogP contribution in [0.4, 0.5) is 0 Å². The quantitative estimate of drug-likeness (QED) is 0.674. The van der Waals surface area contributed by atoms with Gasteiger partial charge in [-0.3, -0.25) is 0 Å². The fraction of sp³-hybridized carbons (Fsp3) is 1.00. The first kappa shape index (κ1) is 12.0. The molecule has 0 saturated heterocycles. The summed E-state index contributed by atoms with van der Waals surface area (Å²) in [6.07, 6.45) is 4.81. The molecule has 0 bridgehead atoms. The van der Waals surface area contributed by atoms with Crippen molar-refractivity contribution in [2.75, 3.05) is 0 Å². The van der Waals surface area contributed by atoms with Gasteiger partial charge in [0.05, 0.1) is 6.10 Å².